The predicted octanol–water partition coefficient (Wildman–Crippen LogP) is 13.6. The average molecular weight is 718 g/mol. The van der Waals surface area contributed by atoms with Gasteiger partial charge >= 0.3 is 0 Å². The van der Waals surface area contributed by atoms with E-state index in [0.717, 1.165) is 83.3 Å². The fraction of sp³-hybridized carbons (Fsp3) is 0.0577. The summed E-state index contributed by atoms with van der Waals surface area (Å²) < 4.78 is 6.69. The second-order valence-electron chi connectivity index (χ2n) is 15.2. The third-order valence-electron chi connectivity index (χ3n) is 11.5. The lowest BCUT2D eigenvalue weighted by molar-refractivity contribution is 0.660. The van der Waals surface area contributed by atoms with Crippen molar-refractivity contribution in [2.45, 2.75) is 19.3 Å². The zero-order valence-electron chi connectivity index (χ0n) is 31.0. The van der Waals surface area contributed by atoms with Crippen molar-refractivity contribution in [2.24, 2.45) is 0 Å². The fourth-order valence-electron chi connectivity index (χ4n) is 8.71. The van der Waals surface area contributed by atoms with Gasteiger partial charge in [0.2, 0.25) is 0 Å². The van der Waals surface area contributed by atoms with Crippen LogP contribution >= 0.6 is 0 Å². The molecule has 3 aromatic heterocycles. The Morgan fingerprint density at radius 2 is 1.05 bits per heavy atom. The van der Waals surface area contributed by atoms with E-state index in [2.05, 4.69) is 166 Å². The standard InChI is InChI=1S/C52H35N3O/c1-52(2)41-21-11-9-18-38(41)40-30-36(28-29-42(40)52)45-31-44(33-16-7-4-8-17-33)54-51(55-45)35-26-24-34(25-27-35)49-48-39-19-10-12-23-46(39)56-50(48)47-37(20-13-22-43(47)53-49)32-14-5-3-6-15-32/h3-31H,1-2H3. The molecule has 0 radical (unpaired) electrons. The first kappa shape index (κ1) is 32.3. The van der Waals surface area contributed by atoms with Crippen LogP contribution in [0.15, 0.2) is 180 Å². The molecule has 0 N–H and O–H groups in total. The van der Waals surface area contributed by atoms with E-state index >= 15 is 0 Å². The Morgan fingerprint density at radius 3 is 1.86 bits per heavy atom. The van der Waals surface area contributed by atoms with Gasteiger partial charge in [0, 0.05) is 33.1 Å². The van der Waals surface area contributed by atoms with Gasteiger partial charge in [-0.25, -0.2) is 15.0 Å². The maximum absolute atomic E-state index is 6.69. The number of fused-ring (bicyclic) bond motifs is 8. The third-order valence-corrected chi connectivity index (χ3v) is 11.5. The summed E-state index contributed by atoms with van der Waals surface area (Å²) in [5.74, 6) is 0.673. The molecule has 0 saturated heterocycles. The minimum Gasteiger partial charge on any atom is -0.455 e. The number of rotatable bonds is 5. The number of hydrogen-bond acceptors (Lipinski definition) is 4. The van der Waals surface area contributed by atoms with Crippen LogP contribution in [0.4, 0.5) is 0 Å². The summed E-state index contributed by atoms with van der Waals surface area (Å²) in [6.45, 7) is 4.62. The Morgan fingerprint density at radius 1 is 0.429 bits per heavy atom. The van der Waals surface area contributed by atoms with E-state index in [1.165, 1.54) is 22.3 Å². The summed E-state index contributed by atoms with van der Waals surface area (Å²) in [4.78, 5) is 15.7. The van der Waals surface area contributed by atoms with Crippen LogP contribution < -0.4 is 0 Å². The normalized spacial score (nSPS) is 13.0. The third kappa shape index (κ3) is 5.03. The number of benzene rings is 7. The molecular formula is C52H35N3O. The Labute approximate surface area is 324 Å². The Bertz CT molecular complexity index is 3140. The van der Waals surface area contributed by atoms with Crippen molar-refractivity contribution in [1.82, 2.24) is 15.0 Å². The van der Waals surface area contributed by atoms with Gasteiger partial charge in [-0.05, 0) is 57.6 Å². The first-order chi connectivity index (χ1) is 27.5. The molecule has 7 aromatic carbocycles. The second kappa shape index (κ2) is 12.4. The molecule has 4 heteroatoms. The quantitative estimate of drug-likeness (QED) is 0.178. The first-order valence-electron chi connectivity index (χ1n) is 19.1. The minimum absolute atomic E-state index is 0.0589. The molecule has 0 aliphatic heterocycles. The van der Waals surface area contributed by atoms with Crippen LogP contribution in [0, 0.1) is 0 Å². The predicted molar refractivity (Wildman–Crippen MR) is 229 cm³/mol. The van der Waals surface area contributed by atoms with Crippen LogP contribution in [0.1, 0.15) is 25.0 Å². The number of para-hydroxylation sites is 1. The molecular weight excluding hydrogens is 683 g/mol. The lowest BCUT2D eigenvalue weighted by Gasteiger charge is -2.21. The van der Waals surface area contributed by atoms with Crippen molar-refractivity contribution in [2.75, 3.05) is 0 Å². The van der Waals surface area contributed by atoms with Gasteiger partial charge in [0.25, 0.3) is 0 Å². The van der Waals surface area contributed by atoms with E-state index in [9.17, 15) is 0 Å². The van der Waals surface area contributed by atoms with Crippen molar-refractivity contribution < 1.29 is 4.42 Å². The van der Waals surface area contributed by atoms with Gasteiger partial charge in [0.05, 0.1) is 33.4 Å². The minimum atomic E-state index is -0.0589. The summed E-state index contributed by atoms with van der Waals surface area (Å²) in [5.41, 5.74) is 16.7. The molecule has 0 atom stereocenters. The summed E-state index contributed by atoms with van der Waals surface area (Å²) in [7, 11) is 0. The van der Waals surface area contributed by atoms with Gasteiger partial charge < -0.3 is 4.42 Å². The molecule has 0 amide bonds. The molecule has 0 spiro atoms. The van der Waals surface area contributed by atoms with E-state index < -0.39 is 0 Å². The van der Waals surface area contributed by atoms with E-state index in [0.29, 0.717) is 5.82 Å². The van der Waals surface area contributed by atoms with Crippen molar-refractivity contribution in [1.29, 1.82) is 0 Å². The number of nitrogens with zero attached hydrogens (tertiary/aromatic N) is 3. The lowest BCUT2D eigenvalue weighted by atomic mass is 9.82. The molecule has 0 unspecified atom stereocenters. The molecule has 1 aliphatic rings. The fourth-order valence-corrected chi connectivity index (χ4v) is 8.71. The van der Waals surface area contributed by atoms with Gasteiger partial charge in [0.15, 0.2) is 5.82 Å². The average Bonchev–Trinajstić information content (AvgIpc) is 3.76. The van der Waals surface area contributed by atoms with E-state index in [-0.39, 0.29) is 5.41 Å². The first-order valence-corrected chi connectivity index (χ1v) is 19.1. The van der Waals surface area contributed by atoms with E-state index in [4.69, 9.17) is 19.4 Å². The highest BCUT2D eigenvalue weighted by atomic mass is 16.3. The second-order valence-corrected chi connectivity index (χ2v) is 15.2. The summed E-state index contributed by atoms with van der Waals surface area (Å²) >= 11 is 0. The van der Waals surface area contributed by atoms with Crippen molar-refractivity contribution in [3.63, 3.8) is 0 Å². The van der Waals surface area contributed by atoms with Crippen LogP contribution in [0.2, 0.25) is 0 Å². The Kier molecular flexibility index (Phi) is 7.17. The largest absolute Gasteiger partial charge is 0.455 e. The highest BCUT2D eigenvalue weighted by Crippen LogP contribution is 2.49. The Hall–Kier alpha value is -7.17. The van der Waals surface area contributed by atoms with Gasteiger partial charge in [0.1, 0.15) is 11.2 Å². The van der Waals surface area contributed by atoms with Gasteiger partial charge in [-0.15, -0.1) is 0 Å². The molecule has 56 heavy (non-hydrogen) atoms. The molecule has 0 fully saturated rings. The molecule has 4 nitrogen and oxygen atoms in total. The molecule has 0 saturated carbocycles. The monoisotopic (exact) mass is 717 g/mol. The smallest absolute Gasteiger partial charge is 0.160 e. The van der Waals surface area contributed by atoms with E-state index in [1.54, 1.807) is 0 Å². The molecule has 10 aromatic rings. The van der Waals surface area contributed by atoms with Gasteiger partial charge in [-0.1, -0.05) is 166 Å². The van der Waals surface area contributed by atoms with Gasteiger partial charge in [-0.3, -0.25) is 0 Å². The number of furan rings is 1. The maximum Gasteiger partial charge on any atom is 0.160 e. The molecule has 264 valence electrons. The van der Waals surface area contributed by atoms with Gasteiger partial charge in [-0.2, -0.15) is 0 Å². The topological polar surface area (TPSA) is 51.8 Å². The van der Waals surface area contributed by atoms with Crippen molar-refractivity contribution in [3.8, 4) is 67.4 Å². The van der Waals surface area contributed by atoms with E-state index in [1.807, 2.05) is 24.3 Å². The number of pyridine rings is 1. The molecule has 11 rings (SSSR count). The highest BCUT2D eigenvalue weighted by Gasteiger charge is 2.35. The SMILES string of the molecule is CC1(C)c2ccccc2-c2cc(-c3cc(-c4ccccc4)nc(-c4ccc(-c5nc6cccc(-c7ccccc7)c6c6oc7ccccc7c56)cc4)n3)ccc21. The van der Waals surface area contributed by atoms with Crippen LogP contribution in [0.5, 0.6) is 0 Å². The molecule has 0 bridgehead atoms. The zero-order valence-corrected chi connectivity index (χ0v) is 31.0. The van der Waals surface area contributed by atoms with Crippen LogP contribution in [0.25, 0.3) is 100 Å². The summed E-state index contributed by atoms with van der Waals surface area (Å²) in [5, 5.41) is 3.07. The zero-order chi connectivity index (χ0) is 37.4. The number of hydrogen-bond donors (Lipinski definition) is 0. The summed E-state index contributed by atoms with van der Waals surface area (Å²) in [6, 6.07) is 61.6. The lowest BCUT2D eigenvalue weighted by Crippen LogP contribution is -2.14. The van der Waals surface area contributed by atoms with Crippen LogP contribution in [-0.2, 0) is 5.41 Å². The summed E-state index contributed by atoms with van der Waals surface area (Å²) in [6.07, 6.45) is 0. The Balaban J connectivity index is 1.06. The van der Waals surface area contributed by atoms with Crippen molar-refractivity contribution >= 4 is 32.8 Å². The maximum atomic E-state index is 6.69. The molecule has 1 aliphatic carbocycles. The molecule has 3 heterocycles. The van der Waals surface area contributed by atoms with Crippen LogP contribution in [-0.4, -0.2) is 15.0 Å². The number of aromatic nitrogens is 3. The van der Waals surface area contributed by atoms with Crippen molar-refractivity contribution in [3.05, 3.63) is 187 Å². The van der Waals surface area contributed by atoms with Crippen LogP contribution in [0.3, 0.4) is 0 Å². The highest BCUT2D eigenvalue weighted by molar-refractivity contribution is 6.22.